The largest absolute Gasteiger partial charge is 0.416 e. The molecule has 0 aliphatic carbocycles. The monoisotopic (exact) mass is 427 g/mol. The molecule has 31 heavy (non-hydrogen) atoms. The van der Waals surface area contributed by atoms with E-state index in [9.17, 15) is 18.0 Å². The van der Waals surface area contributed by atoms with Gasteiger partial charge in [0.25, 0.3) is 0 Å². The number of nitrogens with one attached hydrogen (secondary N) is 1. The van der Waals surface area contributed by atoms with Crippen LogP contribution in [0.15, 0.2) is 67.0 Å². The van der Waals surface area contributed by atoms with E-state index < -0.39 is 11.7 Å². The SMILES string of the molecule is O=CN(c1cccc(C(F)(F)F)c1)c1cccnc1NC1CCN(c2ccccn2)C1. The minimum atomic E-state index is -4.50. The van der Waals surface area contributed by atoms with E-state index in [4.69, 9.17) is 0 Å². The number of alkyl halides is 3. The molecule has 0 radical (unpaired) electrons. The van der Waals surface area contributed by atoms with E-state index in [1.54, 1.807) is 24.5 Å². The van der Waals surface area contributed by atoms with Gasteiger partial charge in [-0.15, -0.1) is 0 Å². The second-order valence-corrected chi connectivity index (χ2v) is 7.16. The Balaban J connectivity index is 1.56. The number of pyridine rings is 2. The number of rotatable bonds is 6. The minimum absolute atomic E-state index is 0.0469. The van der Waals surface area contributed by atoms with Crippen LogP contribution in [0.1, 0.15) is 12.0 Å². The van der Waals surface area contributed by atoms with Gasteiger partial charge in [-0.2, -0.15) is 13.2 Å². The fraction of sp³-hybridized carbons (Fsp3) is 0.227. The van der Waals surface area contributed by atoms with Crippen LogP contribution < -0.4 is 15.1 Å². The maximum Gasteiger partial charge on any atom is 0.416 e. The summed E-state index contributed by atoms with van der Waals surface area (Å²) in [5, 5.41) is 3.34. The lowest BCUT2D eigenvalue weighted by molar-refractivity contribution is -0.137. The predicted molar refractivity (Wildman–Crippen MR) is 112 cm³/mol. The van der Waals surface area contributed by atoms with Crippen LogP contribution in [-0.4, -0.2) is 35.5 Å². The number of halogens is 3. The van der Waals surface area contributed by atoms with Crippen molar-refractivity contribution < 1.29 is 18.0 Å². The third kappa shape index (κ3) is 4.60. The van der Waals surface area contributed by atoms with Crippen LogP contribution in [0.3, 0.4) is 0 Å². The van der Waals surface area contributed by atoms with E-state index in [-0.39, 0.29) is 11.7 Å². The molecule has 4 rings (SSSR count). The van der Waals surface area contributed by atoms with Gasteiger partial charge in [-0.25, -0.2) is 9.97 Å². The quantitative estimate of drug-likeness (QED) is 0.588. The number of carbonyl (C=O) groups is 1. The third-order valence-corrected chi connectivity index (χ3v) is 5.11. The molecule has 1 aliphatic rings. The van der Waals surface area contributed by atoms with Crippen molar-refractivity contribution in [3.8, 4) is 0 Å². The van der Waals surface area contributed by atoms with Crippen molar-refractivity contribution in [2.45, 2.75) is 18.6 Å². The zero-order chi connectivity index (χ0) is 21.8. The summed E-state index contributed by atoms with van der Waals surface area (Å²) in [5.41, 5.74) is -0.326. The summed E-state index contributed by atoms with van der Waals surface area (Å²) in [6.45, 7) is 1.50. The molecule has 6 nitrogen and oxygen atoms in total. The molecule has 1 N–H and O–H groups in total. The molecule has 1 atom stereocenters. The Bertz CT molecular complexity index is 1040. The zero-order valence-electron chi connectivity index (χ0n) is 16.5. The second-order valence-electron chi connectivity index (χ2n) is 7.16. The second kappa shape index (κ2) is 8.63. The number of hydrogen-bond donors (Lipinski definition) is 1. The van der Waals surface area contributed by atoms with Crippen LogP contribution in [0.5, 0.6) is 0 Å². The van der Waals surface area contributed by atoms with Gasteiger partial charge in [0.1, 0.15) is 5.82 Å². The summed E-state index contributed by atoms with van der Waals surface area (Å²) in [4.78, 5) is 23.9. The van der Waals surface area contributed by atoms with Gasteiger partial charge in [-0.3, -0.25) is 9.69 Å². The average Bonchev–Trinajstić information content (AvgIpc) is 3.24. The van der Waals surface area contributed by atoms with Crippen LogP contribution in [-0.2, 0) is 11.0 Å². The molecule has 3 aromatic rings. The Morgan fingerprint density at radius 3 is 2.65 bits per heavy atom. The van der Waals surface area contributed by atoms with Gasteiger partial charge in [0.2, 0.25) is 6.41 Å². The van der Waals surface area contributed by atoms with Gasteiger partial charge in [0.05, 0.1) is 11.3 Å². The smallest absolute Gasteiger partial charge is 0.364 e. The number of amides is 1. The van der Waals surface area contributed by atoms with Crippen LogP contribution in [0.25, 0.3) is 0 Å². The average molecular weight is 427 g/mol. The summed E-state index contributed by atoms with van der Waals surface area (Å²) < 4.78 is 39.4. The fourth-order valence-corrected chi connectivity index (χ4v) is 3.61. The van der Waals surface area contributed by atoms with Gasteiger partial charge < -0.3 is 10.2 Å². The Morgan fingerprint density at radius 1 is 1.06 bits per heavy atom. The molecule has 1 amide bonds. The lowest BCUT2D eigenvalue weighted by Gasteiger charge is -2.23. The summed E-state index contributed by atoms with van der Waals surface area (Å²) >= 11 is 0. The first-order chi connectivity index (χ1) is 15.0. The number of aromatic nitrogens is 2. The van der Waals surface area contributed by atoms with Crippen molar-refractivity contribution in [2.75, 3.05) is 28.2 Å². The van der Waals surface area contributed by atoms with Gasteiger partial charge in [0, 0.05) is 37.2 Å². The van der Waals surface area contributed by atoms with E-state index >= 15 is 0 Å². The molecule has 1 aliphatic heterocycles. The van der Waals surface area contributed by atoms with E-state index in [1.165, 1.54) is 12.1 Å². The molecular weight excluding hydrogens is 407 g/mol. The highest BCUT2D eigenvalue weighted by Crippen LogP contribution is 2.35. The molecule has 1 fully saturated rings. The van der Waals surface area contributed by atoms with E-state index in [0.717, 1.165) is 35.8 Å². The van der Waals surface area contributed by atoms with Crippen LogP contribution in [0.2, 0.25) is 0 Å². The summed E-state index contributed by atoms with van der Waals surface area (Å²) in [6, 6.07) is 13.7. The lowest BCUT2D eigenvalue weighted by atomic mass is 10.1. The number of hydrogen-bond acceptors (Lipinski definition) is 5. The van der Waals surface area contributed by atoms with Crippen LogP contribution in [0.4, 0.5) is 36.2 Å². The van der Waals surface area contributed by atoms with Crippen LogP contribution in [0, 0.1) is 0 Å². The topological polar surface area (TPSA) is 61.4 Å². The van der Waals surface area contributed by atoms with Gasteiger partial charge >= 0.3 is 6.18 Å². The summed E-state index contributed by atoms with van der Waals surface area (Å²) in [6.07, 6.45) is 0.138. The number of carbonyl (C=O) groups excluding carboxylic acids is 1. The molecular formula is C22H20F3N5O. The first-order valence-electron chi connectivity index (χ1n) is 9.75. The highest BCUT2D eigenvalue weighted by molar-refractivity contribution is 5.91. The minimum Gasteiger partial charge on any atom is -0.364 e. The molecule has 0 saturated carbocycles. The van der Waals surface area contributed by atoms with Crippen LogP contribution >= 0.6 is 0 Å². The Hall–Kier alpha value is -3.62. The molecule has 1 aromatic carbocycles. The molecule has 1 saturated heterocycles. The molecule has 3 heterocycles. The number of nitrogens with zero attached hydrogens (tertiary/aromatic N) is 4. The Morgan fingerprint density at radius 2 is 1.90 bits per heavy atom. The van der Waals surface area contributed by atoms with E-state index in [0.29, 0.717) is 24.5 Å². The molecule has 2 aromatic heterocycles. The zero-order valence-corrected chi connectivity index (χ0v) is 16.5. The van der Waals surface area contributed by atoms with Crippen molar-refractivity contribution in [1.82, 2.24) is 9.97 Å². The maximum absolute atomic E-state index is 13.1. The summed E-state index contributed by atoms with van der Waals surface area (Å²) in [5.74, 6) is 1.31. The Labute approximate surface area is 177 Å². The first-order valence-corrected chi connectivity index (χ1v) is 9.75. The molecule has 160 valence electrons. The summed E-state index contributed by atoms with van der Waals surface area (Å²) in [7, 11) is 0. The Kier molecular flexibility index (Phi) is 5.75. The van der Waals surface area contributed by atoms with Crippen molar-refractivity contribution in [3.05, 3.63) is 72.6 Å². The predicted octanol–water partition coefficient (Wildman–Crippen LogP) is 4.48. The fourth-order valence-electron chi connectivity index (χ4n) is 3.61. The molecule has 1 unspecified atom stereocenters. The van der Waals surface area contributed by atoms with Gasteiger partial charge in [0.15, 0.2) is 5.82 Å². The van der Waals surface area contributed by atoms with Crippen molar-refractivity contribution in [1.29, 1.82) is 0 Å². The van der Waals surface area contributed by atoms with Crippen molar-refractivity contribution in [3.63, 3.8) is 0 Å². The van der Waals surface area contributed by atoms with Crippen molar-refractivity contribution >= 4 is 29.4 Å². The molecule has 0 spiro atoms. The van der Waals surface area contributed by atoms with Crippen molar-refractivity contribution in [2.24, 2.45) is 0 Å². The third-order valence-electron chi connectivity index (χ3n) is 5.11. The standard InChI is InChI=1S/C22H20F3N5O/c23-22(24,25)16-5-3-6-18(13-16)30(15-31)19-7-4-11-27-21(19)28-17-9-12-29(14-17)20-8-1-2-10-26-20/h1-8,10-11,13,15,17H,9,12,14H2,(H,27,28). The number of benzene rings is 1. The first kappa shape index (κ1) is 20.6. The normalized spacial score (nSPS) is 16.2. The van der Waals surface area contributed by atoms with Gasteiger partial charge in [-0.1, -0.05) is 12.1 Å². The maximum atomic E-state index is 13.1. The lowest BCUT2D eigenvalue weighted by Crippen LogP contribution is -2.28. The number of anilines is 4. The van der Waals surface area contributed by atoms with E-state index in [1.807, 2.05) is 18.2 Å². The highest BCUT2D eigenvalue weighted by Gasteiger charge is 2.31. The highest BCUT2D eigenvalue weighted by atomic mass is 19.4. The molecule has 9 heteroatoms. The van der Waals surface area contributed by atoms with Gasteiger partial charge in [-0.05, 0) is 48.9 Å². The van der Waals surface area contributed by atoms with E-state index in [2.05, 4.69) is 20.2 Å². The molecule has 0 bridgehead atoms.